The first-order valence-corrected chi connectivity index (χ1v) is 10.0. The third-order valence-corrected chi connectivity index (χ3v) is 4.81. The highest BCUT2D eigenvalue weighted by molar-refractivity contribution is 5.91. The second-order valence-electron chi connectivity index (χ2n) is 7.18. The first-order chi connectivity index (χ1) is 16.3. The van der Waals surface area contributed by atoms with Gasteiger partial charge in [0.15, 0.2) is 11.6 Å². The van der Waals surface area contributed by atoms with Crippen molar-refractivity contribution < 1.29 is 33.3 Å². The molecule has 0 aliphatic rings. The van der Waals surface area contributed by atoms with Crippen LogP contribution in [-0.4, -0.2) is 21.2 Å². The maximum absolute atomic E-state index is 14.4. The number of carbonyl (C=O) groups is 1. The van der Waals surface area contributed by atoms with Crippen LogP contribution < -0.4 is 15.2 Å². The number of hydrogen-bond donors (Lipinski definition) is 3. The largest absolute Gasteiger partial charge is 0.508 e. The summed E-state index contributed by atoms with van der Waals surface area (Å²) in [6.45, 7) is 0.375. The van der Waals surface area contributed by atoms with E-state index in [4.69, 9.17) is 15.2 Å². The highest BCUT2D eigenvalue weighted by Crippen LogP contribution is 2.34. The molecule has 4 N–H and O–H groups in total. The number of rotatable bonds is 7. The Hall–Kier alpha value is -4.50. The molecule has 7 nitrogen and oxygen atoms in total. The number of benzene rings is 3. The number of nitrogens with zero attached hydrogens (tertiary/aromatic N) is 1. The molecule has 4 aromatic rings. The van der Waals surface area contributed by atoms with Crippen molar-refractivity contribution in [3.05, 3.63) is 95.6 Å². The number of nitrogens with two attached hydrogens (primary N) is 1. The number of phenolic OH excluding ortho intramolecular Hbond substituents is 1. The predicted octanol–water partition coefficient (Wildman–Crippen LogP) is 5.47. The lowest BCUT2D eigenvalue weighted by Gasteiger charge is -2.12. The molecule has 0 saturated heterocycles. The van der Waals surface area contributed by atoms with Gasteiger partial charge in [-0.1, -0.05) is 30.3 Å². The van der Waals surface area contributed by atoms with Crippen molar-refractivity contribution in [1.82, 2.24) is 4.98 Å². The van der Waals surface area contributed by atoms with E-state index in [1.165, 1.54) is 0 Å². The van der Waals surface area contributed by atoms with E-state index in [0.29, 0.717) is 12.6 Å². The van der Waals surface area contributed by atoms with Gasteiger partial charge in [-0.25, -0.2) is 13.6 Å². The van der Waals surface area contributed by atoms with Gasteiger partial charge in [-0.05, 0) is 47.0 Å². The number of aromatic hydroxyl groups is 1. The maximum atomic E-state index is 14.4. The first-order valence-electron chi connectivity index (χ1n) is 10.0. The van der Waals surface area contributed by atoms with Crippen LogP contribution in [0, 0.1) is 11.6 Å². The molecule has 3 aromatic carbocycles. The molecule has 0 radical (unpaired) electrons. The summed E-state index contributed by atoms with van der Waals surface area (Å²) in [5, 5.41) is 18.9. The molecule has 0 aliphatic heterocycles. The van der Waals surface area contributed by atoms with Gasteiger partial charge in [-0.3, -0.25) is 0 Å². The van der Waals surface area contributed by atoms with E-state index in [-0.39, 0.29) is 22.8 Å². The summed E-state index contributed by atoms with van der Waals surface area (Å²) in [6, 6.07) is 18.0. The zero-order chi connectivity index (χ0) is 24.2. The van der Waals surface area contributed by atoms with Gasteiger partial charge in [0.1, 0.15) is 22.8 Å². The van der Waals surface area contributed by atoms with E-state index in [1.807, 2.05) is 30.3 Å². The Balaban J connectivity index is 1.65. The second kappa shape index (κ2) is 9.55. The fraction of sp³-hybridized carbons (Fsp3) is 0.0400. The lowest BCUT2D eigenvalue weighted by Crippen LogP contribution is -2.03. The standard InChI is InChI=1S/C25H18F2N2O5/c26-20-12-21(27)24(34-22-11-17(30)7-8-19(22)25(31)32)29-23(20)33-18-6-2-5-16(10-18)15-4-1-3-14(9-15)13-28/h1-12,30H,13,28H2,(H,31,32). The van der Waals surface area contributed by atoms with Crippen LogP contribution in [0.15, 0.2) is 72.8 Å². The van der Waals surface area contributed by atoms with Crippen LogP contribution in [0.1, 0.15) is 15.9 Å². The number of aromatic nitrogens is 1. The van der Waals surface area contributed by atoms with Crippen LogP contribution in [0.5, 0.6) is 29.0 Å². The van der Waals surface area contributed by atoms with E-state index in [9.17, 15) is 23.8 Å². The monoisotopic (exact) mass is 464 g/mol. The third kappa shape index (κ3) is 4.94. The molecule has 4 rings (SSSR count). The predicted molar refractivity (Wildman–Crippen MR) is 119 cm³/mol. The van der Waals surface area contributed by atoms with Gasteiger partial charge in [0.25, 0.3) is 11.8 Å². The number of aromatic carboxylic acids is 1. The number of phenols is 1. The van der Waals surface area contributed by atoms with Crippen molar-refractivity contribution >= 4 is 5.97 Å². The van der Waals surface area contributed by atoms with Crippen molar-refractivity contribution in [3.8, 4) is 40.1 Å². The van der Waals surface area contributed by atoms with Crippen molar-refractivity contribution in [1.29, 1.82) is 0 Å². The average Bonchev–Trinajstić information content (AvgIpc) is 2.82. The average molecular weight is 464 g/mol. The Kier molecular flexibility index (Phi) is 6.37. The van der Waals surface area contributed by atoms with Crippen molar-refractivity contribution in [2.75, 3.05) is 0 Å². The topological polar surface area (TPSA) is 115 Å². The quantitative estimate of drug-likeness (QED) is 0.332. The second-order valence-corrected chi connectivity index (χ2v) is 7.18. The minimum absolute atomic E-state index is 0.225. The van der Waals surface area contributed by atoms with Crippen molar-refractivity contribution in [3.63, 3.8) is 0 Å². The zero-order valence-corrected chi connectivity index (χ0v) is 17.5. The molecule has 0 unspecified atom stereocenters. The molecule has 0 bridgehead atoms. The Labute approximate surface area is 192 Å². The van der Waals surface area contributed by atoms with Gasteiger partial charge in [0.05, 0.1) is 0 Å². The van der Waals surface area contributed by atoms with Gasteiger partial charge in [-0.2, -0.15) is 4.98 Å². The van der Waals surface area contributed by atoms with Crippen LogP contribution in [0.25, 0.3) is 11.1 Å². The fourth-order valence-corrected chi connectivity index (χ4v) is 3.18. The van der Waals surface area contributed by atoms with E-state index in [0.717, 1.165) is 34.9 Å². The van der Waals surface area contributed by atoms with Crippen molar-refractivity contribution in [2.24, 2.45) is 5.73 Å². The molecule has 0 spiro atoms. The lowest BCUT2D eigenvalue weighted by atomic mass is 10.0. The van der Waals surface area contributed by atoms with Crippen LogP contribution in [0.2, 0.25) is 0 Å². The van der Waals surface area contributed by atoms with E-state index < -0.39 is 29.4 Å². The molecule has 34 heavy (non-hydrogen) atoms. The molecule has 0 saturated carbocycles. The Morgan fingerprint density at radius 3 is 2.26 bits per heavy atom. The first kappa shape index (κ1) is 22.7. The number of pyridine rings is 1. The third-order valence-electron chi connectivity index (χ3n) is 4.81. The number of ether oxygens (including phenoxy) is 2. The van der Waals surface area contributed by atoms with Crippen LogP contribution in [0.4, 0.5) is 8.78 Å². The Bertz CT molecular complexity index is 1380. The van der Waals surface area contributed by atoms with Gasteiger partial charge < -0.3 is 25.4 Å². The molecule has 0 fully saturated rings. The molecular weight excluding hydrogens is 446 g/mol. The molecular formula is C25H18F2N2O5. The smallest absolute Gasteiger partial charge is 0.339 e. The van der Waals surface area contributed by atoms with E-state index in [2.05, 4.69) is 4.98 Å². The summed E-state index contributed by atoms with van der Waals surface area (Å²) in [7, 11) is 0. The zero-order valence-electron chi connectivity index (χ0n) is 17.5. The highest BCUT2D eigenvalue weighted by atomic mass is 19.1. The summed E-state index contributed by atoms with van der Waals surface area (Å²) < 4.78 is 39.5. The molecule has 0 atom stereocenters. The number of hydrogen-bond acceptors (Lipinski definition) is 6. The maximum Gasteiger partial charge on any atom is 0.339 e. The van der Waals surface area contributed by atoms with Gasteiger partial charge in [-0.15, -0.1) is 0 Å². The Morgan fingerprint density at radius 1 is 0.882 bits per heavy atom. The molecule has 9 heteroatoms. The van der Waals surface area contributed by atoms with Crippen LogP contribution in [-0.2, 0) is 6.54 Å². The summed E-state index contributed by atoms with van der Waals surface area (Å²) in [6.07, 6.45) is 0. The molecule has 0 aliphatic carbocycles. The molecule has 0 amide bonds. The van der Waals surface area contributed by atoms with Gasteiger partial charge >= 0.3 is 5.97 Å². The highest BCUT2D eigenvalue weighted by Gasteiger charge is 2.19. The number of halogens is 2. The SMILES string of the molecule is NCc1cccc(-c2cccc(Oc3nc(Oc4cc(O)ccc4C(=O)O)c(F)cc3F)c2)c1. The van der Waals surface area contributed by atoms with Gasteiger partial charge in [0.2, 0.25) is 0 Å². The van der Waals surface area contributed by atoms with Gasteiger partial charge in [0, 0.05) is 18.7 Å². The lowest BCUT2D eigenvalue weighted by molar-refractivity contribution is 0.0694. The number of carboxylic acid groups (broad SMARTS) is 1. The molecule has 1 aromatic heterocycles. The van der Waals surface area contributed by atoms with Crippen LogP contribution in [0.3, 0.4) is 0 Å². The van der Waals surface area contributed by atoms with Crippen LogP contribution >= 0.6 is 0 Å². The summed E-state index contributed by atoms with van der Waals surface area (Å²) in [4.78, 5) is 15.1. The minimum Gasteiger partial charge on any atom is -0.508 e. The molecule has 172 valence electrons. The normalized spacial score (nSPS) is 10.7. The fourth-order valence-electron chi connectivity index (χ4n) is 3.18. The minimum atomic E-state index is -1.37. The number of carboxylic acids is 1. The Morgan fingerprint density at radius 2 is 1.56 bits per heavy atom. The van der Waals surface area contributed by atoms with E-state index >= 15 is 0 Å². The summed E-state index contributed by atoms with van der Waals surface area (Å²) >= 11 is 0. The van der Waals surface area contributed by atoms with Crippen molar-refractivity contribution in [2.45, 2.75) is 6.54 Å². The van der Waals surface area contributed by atoms with E-state index in [1.54, 1.807) is 18.2 Å². The summed E-state index contributed by atoms with van der Waals surface area (Å²) in [5.74, 6) is -5.41. The summed E-state index contributed by atoms with van der Waals surface area (Å²) in [5.41, 5.74) is 7.93. The molecule has 1 heterocycles.